The summed E-state index contributed by atoms with van der Waals surface area (Å²) in [6.07, 6.45) is 0. The van der Waals surface area contributed by atoms with Gasteiger partial charge in [0.1, 0.15) is 16.0 Å². The SMILES string of the molecule is Fc1ccc(-c2c(-c3ccc(I)cc3)sc(Cl)c2-c2cccc(F)c2)cc1. The smallest absolute Gasteiger partial charge is 0.123 e. The van der Waals surface area contributed by atoms with Crippen molar-refractivity contribution in [3.05, 3.63) is 92.3 Å². The van der Waals surface area contributed by atoms with Gasteiger partial charge >= 0.3 is 0 Å². The number of halogens is 4. The molecule has 134 valence electrons. The van der Waals surface area contributed by atoms with Gasteiger partial charge in [-0.15, -0.1) is 11.3 Å². The van der Waals surface area contributed by atoms with E-state index in [-0.39, 0.29) is 11.6 Å². The molecule has 0 nitrogen and oxygen atoms in total. The molecule has 0 bridgehead atoms. The van der Waals surface area contributed by atoms with E-state index in [1.807, 2.05) is 30.3 Å². The third-order valence-electron chi connectivity index (χ3n) is 4.22. The van der Waals surface area contributed by atoms with Crippen LogP contribution in [0.5, 0.6) is 0 Å². The molecule has 0 N–H and O–H groups in total. The highest BCUT2D eigenvalue weighted by molar-refractivity contribution is 14.1. The van der Waals surface area contributed by atoms with Crippen LogP contribution in [0, 0.1) is 15.2 Å². The standard InChI is InChI=1S/C22H12ClF2IS/c23-22-20(15-2-1-3-17(25)12-15)19(13-4-8-16(24)9-5-13)21(27-22)14-6-10-18(26)11-7-14/h1-12H. The molecule has 0 fully saturated rings. The van der Waals surface area contributed by atoms with Crippen molar-refractivity contribution in [1.29, 1.82) is 0 Å². The third-order valence-corrected chi connectivity index (χ3v) is 6.38. The number of hydrogen-bond acceptors (Lipinski definition) is 1. The molecule has 1 heterocycles. The lowest BCUT2D eigenvalue weighted by molar-refractivity contribution is 0.628. The molecule has 0 aliphatic heterocycles. The van der Waals surface area contributed by atoms with Gasteiger partial charge in [0.15, 0.2) is 0 Å². The van der Waals surface area contributed by atoms with Gasteiger partial charge in [0.2, 0.25) is 0 Å². The van der Waals surface area contributed by atoms with Gasteiger partial charge in [0.05, 0.1) is 0 Å². The molecule has 0 saturated carbocycles. The van der Waals surface area contributed by atoms with E-state index in [9.17, 15) is 8.78 Å². The molecule has 0 amide bonds. The summed E-state index contributed by atoms with van der Waals surface area (Å²) in [4.78, 5) is 0.974. The first-order valence-corrected chi connectivity index (χ1v) is 10.4. The Bertz CT molecular complexity index is 1100. The highest BCUT2D eigenvalue weighted by atomic mass is 127. The summed E-state index contributed by atoms with van der Waals surface area (Å²) in [6.45, 7) is 0. The van der Waals surface area contributed by atoms with Gasteiger partial charge in [-0.2, -0.15) is 0 Å². The second-order valence-corrected chi connectivity index (χ2v) is 8.85. The monoisotopic (exact) mass is 508 g/mol. The van der Waals surface area contributed by atoms with Crippen LogP contribution < -0.4 is 0 Å². The van der Waals surface area contributed by atoms with Crippen molar-refractivity contribution >= 4 is 45.5 Å². The lowest BCUT2D eigenvalue weighted by Crippen LogP contribution is -1.86. The van der Waals surface area contributed by atoms with Crippen molar-refractivity contribution in [2.75, 3.05) is 0 Å². The van der Waals surface area contributed by atoms with E-state index < -0.39 is 0 Å². The zero-order chi connectivity index (χ0) is 19.0. The highest BCUT2D eigenvalue weighted by Crippen LogP contribution is 2.50. The molecule has 0 spiro atoms. The molecule has 0 saturated heterocycles. The Morgan fingerprint density at radius 3 is 2.04 bits per heavy atom. The fourth-order valence-electron chi connectivity index (χ4n) is 3.00. The van der Waals surface area contributed by atoms with Crippen LogP contribution in [0.25, 0.3) is 32.7 Å². The molecule has 0 unspecified atom stereocenters. The Morgan fingerprint density at radius 1 is 0.704 bits per heavy atom. The van der Waals surface area contributed by atoms with Crippen LogP contribution in [0.3, 0.4) is 0 Å². The maximum absolute atomic E-state index is 13.9. The Balaban J connectivity index is 2.01. The molecule has 5 heteroatoms. The highest BCUT2D eigenvalue weighted by Gasteiger charge is 2.21. The van der Waals surface area contributed by atoms with E-state index in [4.69, 9.17) is 11.6 Å². The first-order valence-electron chi connectivity index (χ1n) is 8.13. The molecule has 0 atom stereocenters. The van der Waals surface area contributed by atoms with E-state index in [1.165, 1.54) is 35.6 Å². The Morgan fingerprint density at radius 2 is 1.37 bits per heavy atom. The molecule has 3 aromatic carbocycles. The van der Waals surface area contributed by atoms with Crippen LogP contribution in [0.2, 0.25) is 4.34 Å². The molecule has 0 aliphatic carbocycles. The molecule has 4 rings (SSSR count). The summed E-state index contributed by atoms with van der Waals surface area (Å²) in [6, 6.07) is 20.8. The Hall–Kier alpha value is -1.76. The predicted molar refractivity (Wildman–Crippen MR) is 118 cm³/mol. The predicted octanol–water partition coefficient (Wildman–Crippen LogP) is 8.29. The van der Waals surface area contributed by atoms with E-state index in [1.54, 1.807) is 18.2 Å². The van der Waals surface area contributed by atoms with Crippen molar-refractivity contribution in [1.82, 2.24) is 0 Å². The lowest BCUT2D eigenvalue weighted by Gasteiger charge is -2.10. The van der Waals surface area contributed by atoms with Gasteiger partial charge in [-0.05, 0) is 75.7 Å². The minimum atomic E-state index is -0.323. The minimum Gasteiger partial charge on any atom is -0.207 e. The van der Waals surface area contributed by atoms with Crippen molar-refractivity contribution in [2.24, 2.45) is 0 Å². The molecule has 0 radical (unpaired) electrons. The van der Waals surface area contributed by atoms with Crippen LogP contribution >= 0.6 is 45.5 Å². The average molecular weight is 509 g/mol. The summed E-state index contributed by atoms with van der Waals surface area (Å²) in [5.41, 5.74) is 4.21. The fraction of sp³-hybridized carbons (Fsp3) is 0. The van der Waals surface area contributed by atoms with Crippen LogP contribution in [0.1, 0.15) is 0 Å². The number of thiophene rings is 1. The molecule has 27 heavy (non-hydrogen) atoms. The van der Waals surface area contributed by atoms with Crippen LogP contribution in [-0.2, 0) is 0 Å². The topological polar surface area (TPSA) is 0 Å². The zero-order valence-corrected chi connectivity index (χ0v) is 17.6. The molecule has 4 aromatic rings. The second kappa shape index (κ2) is 7.70. The average Bonchev–Trinajstić information content (AvgIpc) is 3.00. The van der Waals surface area contributed by atoms with Crippen LogP contribution in [-0.4, -0.2) is 0 Å². The first-order chi connectivity index (χ1) is 13.0. The summed E-state index contributed by atoms with van der Waals surface area (Å²) >= 11 is 10.3. The largest absolute Gasteiger partial charge is 0.207 e. The normalized spacial score (nSPS) is 11.0. The van der Waals surface area contributed by atoms with Crippen molar-refractivity contribution < 1.29 is 8.78 Å². The van der Waals surface area contributed by atoms with E-state index >= 15 is 0 Å². The van der Waals surface area contributed by atoms with E-state index in [0.717, 1.165) is 30.7 Å². The summed E-state index contributed by atoms with van der Waals surface area (Å²) in [5.74, 6) is -0.626. The van der Waals surface area contributed by atoms with Gasteiger partial charge in [-0.25, -0.2) is 8.78 Å². The second-order valence-electron chi connectivity index (χ2n) is 5.98. The molecule has 0 aliphatic rings. The van der Waals surface area contributed by atoms with Crippen LogP contribution in [0.4, 0.5) is 8.78 Å². The van der Waals surface area contributed by atoms with E-state index in [2.05, 4.69) is 22.6 Å². The van der Waals surface area contributed by atoms with Crippen molar-refractivity contribution in [2.45, 2.75) is 0 Å². The molecular weight excluding hydrogens is 497 g/mol. The van der Waals surface area contributed by atoms with Crippen LogP contribution in [0.15, 0.2) is 72.8 Å². The number of benzene rings is 3. The number of hydrogen-bond donors (Lipinski definition) is 0. The first kappa shape index (κ1) is 18.6. The van der Waals surface area contributed by atoms with Gasteiger partial charge in [-0.3, -0.25) is 0 Å². The molecular formula is C22H12ClF2IS. The van der Waals surface area contributed by atoms with Gasteiger partial charge in [-0.1, -0.05) is 48.0 Å². The quantitative estimate of drug-likeness (QED) is 0.244. The summed E-state index contributed by atoms with van der Waals surface area (Å²) in [5, 5.41) is 0. The lowest BCUT2D eigenvalue weighted by atomic mass is 9.94. The number of rotatable bonds is 3. The maximum Gasteiger partial charge on any atom is 0.123 e. The van der Waals surface area contributed by atoms with E-state index in [0.29, 0.717) is 9.90 Å². The summed E-state index contributed by atoms with van der Waals surface area (Å²) < 4.78 is 29.0. The molecule has 1 aromatic heterocycles. The van der Waals surface area contributed by atoms with Gasteiger partial charge in [0.25, 0.3) is 0 Å². The summed E-state index contributed by atoms with van der Waals surface area (Å²) in [7, 11) is 0. The Kier molecular flexibility index (Phi) is 5.30. The Labute approximate surface area is 178 Å². The zero-order valence-electron chi connectivity index (χ0n) is 13.8. The van der Waals surface area contributed by atoms with Gasteiger partial charge in [0, 0.05) is 19.6 Å². The van der Waals surface area contributed by atoms with Crippen molar-refractivity contribution in [3.8, 4) is 32.7 Å². The van der Waals surface area contributed by atoms with Gasteiger partial charge < -0.3 is 0 Å². The minimum absolute atomic E-state index is 0.303. The fourth-order valence-corrected chi connectivity index (χ4v) is 4.87. The maximum atomic E-state index is 13.9. The third kappa shape index (κ3) is 3.79. The van der Waals surface area contributed by atoms with Crippen molar-refractivity contribution in [3.63, 3.8) is 0 Å².